The molecule has 1 fully saturated rings. The predicted octanol–water partition coefficient (Wildman–Crippen LogP) is 3.72. The maximum Gasteiger partial charge on any atom is 0.410 e. The second-order valence-corrected chi connectivity index (χ2v) is 8.73. The van der Waals surface area contributed by atoms with Crippen LogP contribution in [0, 0.1) is 0 Å². The summed E-state index contributed by atoms with van der Waals surface area (Å²) in [6.45, 7) is 5.63. The number of ketones is 1. The number of carbonyl (C=O) groups is 3. The van der Waals surface area contributed by atoms with Gasteiger partial charge in [0.2, 0.25) is 0 Å². The van der Waals surface area contributed by atoms with Crippen molar-refractivity contribution < 1.29 is 29.0 Å². The summed E-state index contributed by atoms with van der Waals surface area (Å²) < 4.78 is 10.7. The lowest BCUT2D eigenvalue weighted by molar-refractivity contribution is -0.142. The number of hydrogen-bond donors (Lipinski definition) is 1. The van der Waals surface area contributed by atoms with Crippen molar-refractivity contribution in [3.63, 3.8) is 0 Å². The number of aliphatic hydroxyl groups is 1. The van der Waals surface area contributed by atoms with Crippen LogP contribution in [0.5, 0.6) is 0 Å². The first-order valence-corrected chi connectivity index (χ1v) is 10.4. The number of nitrogens with zero attached hydrogens (tertiary/aromatic N) is 1. The highest BCUT2D eigenvalue weighted by molar-refractivity contribution is 6.21. The summed E-state index contributed by atoms with van der Waals surface area (Å²) in [7, 11) is 0. The van der Waals surface area contributed by atoms with Gasteiger partial charge in [-0.1, -0.05) is 30.3 Å². The van der Waals surface area contributed by atoms with Gasteiger partial charge in [0.1, 0.15) is 11.2 Å². The second-order valence-electron chi connectivity index (χ2n) is 8.73. The molecular weight excluding hydrogens is 386 g/mol. The highest BCUT2D eigenvalue weighted by Gasteiger charge is 2.44. The van der Waals surface area contributed by atoms with E-state index in [1.54, 1.807) is 20.8 Å². The summed E-state index contributed by atoms with van der Waals surface area (Å²) >= 11 is 0. The average molecular weight is 415 g/mol. The summed E-state index contributed by atoms with van der Waals surface area (Å²) in [5.41, 5.74) is 0.0104. The number of cyclic esters (lactones) is 1. The van der Waals surface area contributed by atoms with E-state index in [1.165, 1.54) is 4.90 Å². The number of aryl methyl sites for hydroxylation is 1. The fourth-order valence-corrected chi connectivity index (χ4v) is 3.78. The van der Waals surface area contributed by atoms with Gasteiger partial charge in [-0.15, -0.1) is 0 Å². The third kappa shape index (κ3) is 5.01. The van der Waals surface area contributed by atoms with Gasteiger partial charge in [-0.3, -0.25) is 9.69 Å². The first kappa shape index (κ1) is 21.9. The van der Waals surface area contributed by atoms with Crippen LogP contribution in [0.3, 0.4) is 0 Å². The molecule has 0 aliphatic carbocycles. The Hall–Kier alpha value is -2.83. The Morgan fingerprint density at radius 1 is 1.20 bits per heavy atom. The van der Waals surface area contributed by atoms with Crippen molar-refractivity contribution in [2.75, 3.05) is 6.54 Å². The highest BCUT2D eigenvalue weighted by Crippen LogP contribution is 2.30. The predicted molar refractivity (Wildman–Crippen MR) is 110 cm³/mol. The molecule has 2 atom stereocenters. The third-order valence-electron chi connectivity index (χ3n) is 5.23. The van der Waals surface area contributed by atoms with Crippen molar-refractivity contribution in [1.82, 2.24) is 4.90 Å². The van der Waals surface area contributed by atoms with Crippen LogP contribution >= 0.6 is 0 Å². The largest absolute Gasteiger partial charge is 0.507 e. The first-order chi connectivity index (χ1) is 14.2. The lowest BCUT2D eigenvalue weighted by Gasteiger charge is -2.35. The minimum atomic E-state index is -0.852. The van der Waals surface area contributed by atoms with Crippen LogP contribution in [-0.2, 0) is 25.5 Å². The fourth-order valence-electron chi connectivity index (χ4n) is 3.78. The van der Waals surface area contributed by atoms with E-state index in [2.05, 4.69) is 0 Å². The number of carbonyl (C=O) groups excluding carboxylic acids is 3. The number of amides is 1. The molecule has 7 nitrogen and oxygen atoms in total. The van der Waals surface area contributed by atoms with E-state index in [4.69, 9.17) is 9.47 Å². The number of hydrogen-bond acceptors (Lipinski definition) is 6. The Kier molecular flexibility index (Phi) is 6.48. The lowest BCUT2D eigenvalue weighted by Crippen LogP contribution is -2.50. The molecule has 1 aromatic rings. The van der Waals surface area contributed by atoms with E-state index < -0.39 is 35.6 Å². The van der Waals surface area contributed by atoms with Crippen molar-refractivity contribution in [1.29, 1.82) is 0 Å². The summed E-state index contributed by atoms with van der Waals surface area (Å²) in [6.07, 6.45) is 1.44. The molecule has 7 heteroatoms. The molecule has 3 rings (SSSR count). The van der Waals surface area contributed by atoms with Crippen molar-refractivity contribution in [3.8, 4) is 0 Å². The molecule has 0 spiro atoms. The van der Waals surface area contributed by atoms with E-state index in [1.807, 2.05) is 30.3 Å². The topological polar surface area (TPSA) is 93.1 Å². The van der Waals surface area contributed by atoms with Crippen LogP contribution < -0.4 is 0 Å². The Balaban J connectivity index is 1.74. The molecule has 2 unspecified atom stereocenters. The summed E-state index contributed by atoms with van der Waals surface area (Å²) in [4.78, 5) is 39.5. The van der Waals surface area contributed by atoms with Gasteiger partial charge < -0.3 is 14.6 Å². The smallest absolute Gasteiger partial charge is 0.410 e. The van der Waals surface area contributed by atoms with Crippen LogP contribution in [0.15, 0.2) is 41.7 Å². The summed E-state index contributed by atoms with van der Waals surface area (Å²) in [6, 6.07) is 8.79. The molecule has 0 saturated carbocycles. The zero-order chi connectivity index (χ0) is 21.9. The zero-order valence-corrected chi connectivity index (χ0v) is 17.7. The molecule has 2 aliphatic heterocycles. The number of benzene rings is 1. The Labute approximate surface area is 176 Å². The molecule has 1 N–H and O–H groups in total. The highest BCUT2D eigenvalue weighted by atomic mass is 16.6. The molecule has 0 bridgehead atoms. The summed E-state index contributed by atoms with van der Waals surface area (Å²) in [5, 5.41) is 10.6. The number of likely N-dealkylation sites (tertiary alicyclic amines) is 1. The molecular formula is C23H29NO6. The molecule has 0 radical (unpaired) electrons. The van der Waals surface area contributed by atoms with Crippen LogP contribution in [0.4, 0.5) is 4.79 Å². The Morgan fingerprint density at radius 2 is 1.90 bits per heavy atom. The van der Waals surface area contributed by atoms with Crippen molar-refractivity contribution in [3.05, 3.63) is 47.2 Å². The summed E-state index contributed by atoms with van der Waals surface area (Å²) in [5.74, 6) is -1.74. The van der Waals surface area contributed by atoms with E-state index in [0.717, 1.165) is 18.4 Å². The van der Waals surface area contributed by atoms with Gasteiger partial charge in [0, 0.05) is 6.54 Å². The third-order valence-corrected chi connectivity index (χ3v) is 5.23. The Morgan fingerprint density at radius 3 is 2.57 bits per heavy atom. The van der Waals surface area contributed by atoms with E-state index in [9.17, 15) is 19.5 Å². The van der Waals surface area contributed by atoms with Gasteiger partial charge in [0.25, 0.3) is 0 Å². The van der Waals surface area contributed by atoms with Crippen molar-refractivity contribution in [2.24, 2.45) is 0 Å². The second kappa shape index (κ2) is 8.90. The lowest BCUT2D eigenvalue weighted by atomic mass is 9.93. The van der Waals surface area contributed by atoms with Crippen molar-refractivity contribution >= 4 is 17.8 Å². The fraction of sp³-hybridized carbons (Fsp3) is 0.522. The molecule has 1 aromatic carbocycles. The Bertz CT molecular complexity index is 839. The van der Waals surface area contributed by atoms with Crippen LogP contribution in [0.25, 0.3) is 0 Å². The minimum Gasteiger partial charge on any atom is -0.507 e. The van der Waals surface area contributed by atoms with Crippen LogP contribution in [-0.4, -0.2) is 52.1 Å². The number of rotatable bonds is 5. The normalized spacial score (nSPS) is 22.1. The van der Waals surface area contributed by atoms with E-state index >= 15 is 0 Å². The molecule has 0 aromatic heterocycles. The standard InChI is InChI=1S/C23H29NO6/c1-23(2,3)30-22(28)24-14-8-7-11-16(24)19(25)18-20(26)17(29-21(18)27)13-12-15-9-5-4-6-10-15/h4-6,9-10,16-17,26H,7-8,11-14H2,1-3H3. The van der Waals surface area contributed by atoms with Crippen molar-refractivity contribution in [2.45, 2.75) is 70.6 Å². The van der Waals surface area contributed by atoms with Gasteiger partial charge in [-0.2, -0.15) is 0 Å². The van der Waals surface area contributed by atoms with Gasteiger partial charge in [-0.05, 0) is 58.4 Å². The zero-order valence-electron chi connectivity index (χ0n) is 17.7. The maximum atomic E-state index is 13.2. The maximum absolute atomic E-state index is 13.2. The number of Topliss-reactive ketones (excluding diaryl/α,β-unsaturated/α-hetero) is 1. The number of aliphatic hydroxyl groups excluding tert-OH is 1. The number of ether oxygens (including phenoxy) is 2. The van der Waals surface area contributed by atoms with E-state index in [0.29, 0.717) is 25.8 Å². The quantitative estimate of drug-likeness (QED) is 0.582. The van der Waals surface area contributed by atoms with Gasteiger partial charge in [0.05, 0.1) is 6.04 Å². The van der Waals surface area contributed by atoms with Crippen LogP contribution in [0.2, 0.25) is 0 Å². The van der Waals surface area contributed by atoms with Gasteiger partial charge in [0.15, 0.2) is 17.6 Å². The van der Waals surface area contributed by atoms with E-state index in [-0.39, 0.29) is 11.3 Å². The SMILES string of the molecule is CC(C)(C)OC(=O)N1CCCCC1C(=O)C1=C(O)C(CCc2ccccc2)OC1=O. The van der Waals surface area contributed by atoms with Crippen LogP contribution in [0.1, 0.15) is 52.0 Å². The molecule has 2 aliphatic rings. The molecule has 162 valence electrons. The van der Waals surface area contributed by atoms with Gasteiger partial charge >= 0.3 is 12.1 Å². The molecule has 2 heterocycles. The number of piperidine rings is 1. The van der Waals surface area contributed by atoms with Gasteiger partial charge in [-0.25, -0.2) is 9.59 Å². The minimum absolute atomic E-state index is 0.337. The molecule has 30 heavy (non-hydrogen) atoms. The first-order valence-electron chi connectivity index (χ1n) is 10.4. The molecule has 1 amide bonds. The average Bonchev–Trinajstić information content (AvgIpc) is 2.98. The number of esters is 1. The monoisotopic (exact) mass is 415 g/mol. The molecule has 1 saturated heterocycles.